The first kappa shape index (κ1) is 5.96. The van der Waals surface area contributed by atoms with Gasteiger partial charge < -0.3 is 10.2 Å². The minimum atomic E-state index is -0.516. The number of H-pyrrole nitrogens is 1. The smallest absolute Gasteiger partial charge is 0.406 e. The summed E-state index contributed by atoms with van der Waals surface area (Å²) >= 11 is 0. The molecule has 2 heterocycles. The number of anilines is 1. The summed E-state index contributed by atoms with van der Waals surface area (Å²) in [6.45, 7) is 0. The third-order valence-electron chi connectivity index (χ3n) is 1.30. The van der Waals surface area contributed by atoms with E-state index in [9.17, 15) is 4.79 Å². The van der Waals surface area contributed by atoms with Crippen LogP contribution in [-0.2, 0) is 0 Å². The summed E-state index contributed by atoms with van der Waals surface area (Å²) in [5, 5.41) is 0. The summed E-state index contributed by atoms with van der Waals surface area (Å²) < 4.78 is 4.70. The molecule has 0 saturated heterocycles. The fraction of sp³-hybridized carbons (Fsp3) is 0. The molecule has 0 radical (unpaired) electrons. The van der Waals surface area contributed by atoms with Gasteiger partial charge in [0.15, 0.2) is 11.2 Å². The number of oxazole rings is 1. The molecule has 0 aliphatic heterocycles. The molecule has 56 valence electrons. The van der Waals surface area contributed by atoms with E-state index in [1.807, 2.05) is 0 Å². The minimum Gasteiger partial charge on any atom is -0.406 e. The molecule has 5 heteroatoms. The number of nitrogen functional groups attached to an aromatic ring is 1. The topological polar surface area (TPSA) is 84.9 Å². The van der Waals surface area contributed by atoms with Crippen molar-refractivity contribution in [1.82, 2.24) is 9.97 Å². The molecule has 2 rings (SSSR count). The van der Waals surface area contributed by atoms with E-state index in [1.165, 1.54) is 6.20 Å². The Bertz CT molecular complexity index is 442. The van der Waals surface area contributed by atoms with Gasteiger partial charge in [-0.15, -0.1) is 0 Å². The van der Waals surface area contributed by atoms with E-state index >= 15 is 0 Å². The van der Waals surface area contributed by atoms with Gasteiger partial charge in [-0.3, -0.25) is 4.98 Å². The van der Waals surface area contributed by atoms with E-state index in [0.29, 0.717) is 16.9 Å². The van der Waals surface area contributed by atoms with Crippen molar-refractivity contribution in [1.29, 1.82) is 0 Å². The first-order valence-electron chi connectivity index (χ1n) is 3.00. The lowest BCUT2D eigenvalue weighted by molar-refractivity contribution is 0.555. The van der Waals surface area contributed by atoms with Gasteiger partial charge in [0.1, 0.15) is 0 Å². The molecule has 0 unspecified atom stereocenters. The third kappa shape index (κ3) is 0.861. The normalized spacial score (nSPS) is 10.5. The Hall–Kier alpha value is -1.78. The van der Waals surface area contributed by atoms with Crippen molar-refractivity contribution >= 4 is 16.9 Å². The van der Waals surface area contributed by atoms with Crippen LogP contribution in [-0.4, -0.2) is 9.97 Å². The van der Waals surface area contributed by atoms with Crippen LogP contribution < -0.4 is 11.5 Å². The van der Waals surface area contributed by atoms with Gasteiger partial charge in [0.25, 0.3) is 0 Å². The largest absolute Gasteiger partial charge is 0.418 e. The predicted octanol–water partition coefficient (Wildman–Crippen LogP) is 0.0983. The van der Waals surface area contributed by atoms with Gasteiger partial charge in [-0.1, -0.05) is 0 Å². The second kappa shape index (κ2) is 1.85. The molecule has 3 N–H and O–H groups in total. The highest BCUT2D eigenvalue weighted by Crippen LogP contribution is 2.09. The first-order valence-corrected chi connectivity index (χ1v) is 3.00. The summed E-state index contributed by atoms with van der Waals surface area (Å²) in [6, 6.07) is 1.54. The molecule has 0 amide bonds. The maximum atomic E-state index is 10.6. The second-order valence-electron chi connectivity index (χ2n) is 2.13. The summed E-state index contributed by atoms with van der Waals surface area (Å²) in [4.78, 5) is 16.8. The molecule has 0 aliphatic carbocycles. The van der Waals surface area contributed by atoms with E-state index in [-0.39, 0.29) is 0 Å². The summed E-state index contributed by atoms with van der Waals surface area (Å²) in [5.74, 6) is -0.516. The third-order valence-corrected chi connectivity index (χ3v) is 1.30. The molecule has 0 aliphatic rings. The van der Waals surface area contributed by atoms with Gasteiger partial charge in [0.2, 0.25) is 0 Å². The molecule has 2 aromatic heterocycles. The zero-order valence-electron chi connectivity index (χ0n) is 5.50. The molecule has 5 nitrogen and oxygen atoms in total. The number of aromatic amines is 1. The molecule has 0 aromatic carbocycles. The second-order valence-corrected chi connectivity index (χ2v) is 2.13. The fourth-order valence-corrected chi connectivity index (χ4v) is 0.853. The van der Waals surface area contributed by atoms with Crippen LogP contribution in [0, 0.1) is 0 Å². The average Bonchev–Trinajstić information content (AvgIpc) is 2.27. The Morgan fingerprint density at radius 3 is 3.27 bits per heavy atom. The number of nitrogens with one attached hydrogen (secondary N) is 1. The van der Waals surface area contributed by atoms with Crippen LogP contribution in [0.2, 0.25) is 0 Å². The van der Waals surface area contributed by atoms with Crippen molar-refractivity contribution in [2.24, 2.45) is 0 Å². The van der Waals surface area contributed by atoms with E-state index in [0.717, 1.165) is 0 Å². The summed E-state index contributed by atoms with van der Waals surface area (Å²) in [6.07, 6.45) is 1.45. The van der Waals surface area contributed by atoms with Crippen molar-refractivity contribution in [2.75, 3.05) is 5.73 Å². The maximum absolute atomic E-state index is 10.6. The molecular weight excluding hydrogens is 146 g/mol. The number of pyridine rings is 1. The monoisotopic (exact) mass is 151 g/mol. The van der Waals surface area contributed by atoms with Crippen LogP contribution in [0.3, 0.4) is 0 Å². The quantitative estimate of drug-likeness (QED) is 0.559. The van der Waals surface area contributed by atoms with Crippen LogP contribution in [0.5, 0.6) is 0 Å². The van der Waals surface area contributed by atoms with Crippen LogP contribution in [0.4, 0.5) is 5.69 Å². The van der Waals surface area contributed by atoms with Gasteiger partial charge in [0.05, 0.1) is 11.9 Å². The molecule has 2 aromatic rings. The standard InChI is InChI=1S/C6H5N3O2/c7-3-1-4-5(8-2-3)9-6(10)11-4/h1-2H,7H2,(H,8,9,10). The van der Waals surface area contributed by atoms with Crippen molar-refractivity contribution in [2.45, 2.75) is 0 Å². The molecule has 0 atom stereocenters. The molecule has 0 fully saturated rings. The SMILES string of the molecule is Nc1cnc2[nH]c(=O)oc2c1. The minimum absolute atomic E-state index is 0.384. The van der Waals surface area contributed by atoms with E-state index in [2.05, 4.69) is 9.97 Å². The molecule has 0 bridgehead atoms. The van der Waals surface area contributed by atoms with Crippen molar-refractivity contribution in [3.05, 3.63) is 22.8 Å². The number of hydrogen-bond acceptors (Lipinski definition) is 4. The van der Waals surface area contributed by atoms with Gasteiger partial charge >= 0.3 is 5.76 Å². The Morgan fingerprint density at radius 1 is 1.64 bits per heavy atom. The summed E-state index contributed by atoms with van der Waals surface area (Å²) in [7, 11) is 0. The maximum Gasteiger partial charge on any atom is 0.418 e. The van der Waals surface area contributed by atoms with Crippen molar-refractivity contribution in [3.63, 3.8) is 0 Å². The number of fused-ring (bicyclic) bond motifs is 1. The highest BCUT2D eigenvalue weighted by Gasteiger charge is 2.00. The van der Waals surface area contributed by atoms with Crippen molar-refractivity contribution in [3.8, 4) is 0 Å². The van der Waals surface area contributed by atoms with E-state index in [4.69, 9.17) is 10.2 Å². The lowest BCUT2D eigenvalue weighted by Gasteiger charge is -1.87. The number of rotatable bonds is 0. The Kier molecular flexibility index (Phi) is 1.00. The highest BCUT2D eigenvalue weighted by atomic mass is 16.4. The number of aromatic nitrogens is 2. The number of nitrogens with zero attached hydrogens (tertiary/aromatic N) is 1. The zero-order chi connectivity index (χ0) is 7.84. The average molecular weight is 151 g/mol. The van der Waals surface area contributed by atoms with E-state index in [1.54, 1.807) is 6.07 Å². The van der Waals surface area contributed by atoms with Crippen molar-refractivity contribution < 1.29 is 4.42 Å². The lowest BCUT2D eigenvalue weighted by atomic mass is 10.4. The first-order chi connectivity index (χ1) is 5.25. The van der Waals surface area contributed by atoms with Gasteiger partial charge in [-0.25, -0.2) is 9.78 Å². The fourth-order valence-electron chi connectivity index (χ4n) is 0.853. The lowest BCUT2D eigenvalue weighted by Crippen LogP contribution is -1.93. The Balaban J connectivity index is 2.92. The van der Waals surface area contributed by atoms with Crippen LogP contribution in [0.15, 0.2) is 21.5 Å². The molecule has 0 spiro atoms. The van der Waals surface area contributed by atoms with Gasteiger partial charge in [-0.2, -0.15) is 0 Å². The molecule has 11 heavy (non-hydrogen) atoms. The van der Waals surface area contributed by atoms with E-state index < -0.39 is 5.76 Å². The van der Waals surface area contributed by atoms with Crippen LogP contribution in [0.25, 0.3) is 11.2 Å². The number of nitrogens with two attached hydrogens (primary N) is 1. The number of hydrogen-bond donors (Lipinski definition) is 2. The van der Waals surface area contributed by atoms with Crippen LogP contribution >= 0.6 is 0 Å². The van der Waals surface area contributed by atoms with Crippen LogP contribution in [0.1, 0.15) is 0 Å². The zero-order valence-corrected chi connectivity index (χ0v) is 5.50. The molecular formula is C6H5N3O2. The summed E-state index contributed by atoms with van der Waals surface area (Å²) in [5.41, 5.74) is 6.67. The Labute approximate surface area is 60.8 Å². The van der Waals surface area contributed by atoms with Gasteiger partial charge in [0, 0.05) is 6.07 Å². The highest BCUT2D eigenvalue weighted by molar-refractivity contribution is 5.70. The molecule has 0 saturated carbocycles. The Morgan fingerprint density at radius 2 is 2.45 bits per heavy atom. The predicted molar refractivity (Wildman–Crippen MR) is 39.0 cm³/mol. The van der Waals surface area contributed by atoms with Gasteiger partial charge in [-0.05, 0) is 0 Å².